The fraction of sp³-hybridized carbons (Fsp3) is 0.381. The van der Waals surface area contributed by atoms with Crippen molar-refractivity contribution in [2.24, 2.45) is 7.05 Å². The number of benzene rings is 1. The van der Waals surface area contributed by atoms with Crippen molar-refractivity contribution < 1.29 is 4.79 Å². The molecule has 0 bridgehead atoms. The standard InChI is InChI=1S/C21H24BrN3O2S/c1-6-14-8-13(10-23)9-15(7-2)19(14)24-21(27)17-16(11-28-5)25(4)12(3)18(22)20(17)26/h8-9H,6-7,11H2,1-5H3,(H,24,27). The predicted octanol–water partition coefficient (Wildman–Crippen LogP) is 4.57. The molecular formula is C21H24BrN3O2S. The Morgan fingerprint density at radius 1 is 1.29 bits per heavy atom. The van der Waals surface area contributed by atoms with Crippen molar-refractivity contribution in [2.75, 3.05) is 11.6 Å². The van der Waals surface area contributed by atoms with E-state index >= 15 is 0 Å². The minimum Gasteiger partial charge on any atom is -0.349 e. The van der Waals surface area contributed by atoms with Gasteiger partial charge in [0.15, 0.2) is 0 Å². The molecule has 0 unspecified atom stereocenters. The summed E-state index contributed by atoms with van der Waals surface area (Å²) in [6.45, 7) is 5.81. The highest BCUT2D eigenvalue weighted by atomic mass is 79.9. The van der Waals surface area contributed by atoms with E-state index in [1.165, 1.54) is 0 Å². The molecular weight excluding hydrogens is 438 g/mol. The molecule has 0 saturated heterocycles. The van der Waals surface area contributed by atoms with Crippen molar-refractivity contribution in [2.45, 2.75) is 39.4 Å². The van der Waals surface area contributed by atoms with Crippen LogP contribution in [0.3, 0.4) is 0 Å². The molecule has 0 spiro atoms. The van der Waals surface area contributed by atoms with Gasteiger partial charge in [0.25, 0.3) is 5.91 Å². The van der Waals surface area contributed by atoms with E-state index in [0.29, 0.717) is 40.0 Å². The number of nitriles is 1. The highest BCUT2D eigenvalue weighted by Gasteiger charge is 2.23. The van der Waals surface area contributed by atoms with E-state index in [0.717, 1.165) is 16.8 Å². The molecule has 0 saturated carbocycles. The molecule has 148 valence electrons. The molecule has 2 aromatic rings. The molecule has 0 fully saturated rings. The molecule has 1 heterocycles. The average molecular weight is 462 g/mol. The highest BCUT2D eigenvalue weighted by Crippen LogP contribution is 2.26. The third kappa shape index (κ3) is 4.18. The Bertz CT molecular complexity index is 997. The molecule has 5 nitrogen and oxygen atoms in total. The van der Waals surface area contributed by atoms with E-state index < -0.39 is 5.91 Å². The molecule has 0 aliphatic carbocycles. The summed E-state index contributed by atoms with van der Waals surface area (Å²) in [5.41, 5.74) is 4.38. The van der Waals surface area contributed by atoms with E-state index in [2.05, 4.69) is 27.3 Å². The van der Waals surface area contributed by atoms with Gasteiger partial charge in [-0.15, -0.1) is 0 Å². The molecule has 0 atom stereocenters. The number of amides is 1. The highest BCUT2D eigenvalue weighted by molar-refractivity contribution is 9.10. The second kappa shape index (κ2) is 9.44. The van der Waals surface area contributed by atoms with E-state index in [1.54, 1.807) is 23.9 Å². The Labute approximate surface area is 178 Å². The topological polar surface area (TPSA) is 74.9 Å². The normalized spacial score (nSPS) is 10.6. The Balaban J connectivity index is 2.64. The number of hydrogen-bond donors (Lipinski definition) is 1. The largest absolute Gasteiger partial charge is 0.349 e. The van der Waals surface area contributed by atoms with Gasteiger partial charge in [-0.25, -0.2) is 0 Å². The third-order valence-corrected chi connectivity index (χ3v) is 6.38. The lowest BCUT2D eigenvalue weighted by Gasteiger charge is -2.19. The summed E-state index contributed by atoms with van der Waals surface area (Å²) in [7, 11) is 1.86. The van der Waals surface area contributed by atoms with Crippen LogP contribution in [0.2, 0.25) is 0 Å². The molecule has 28 heavy (non-hydrogen) atoms. The number of carbonyl (C=O) groups excluding carboxylic acids is 1. The summed E-state index contributed by atoms with van der Waals surface area (Å²) < 4.78 is 2.29. The van der Waals surface area contributed by atoms with Gasteiger partial charge in [-0.3, -0.25) is 9.59 Å². The molecule has 0 aliphatic rings. The van der Waals surface area contributed by atoms with Gasteiger partial charge in [0, 0.05) is 29.9 Å². The van der Waals surface area contributed by atoms with E-state index in [1.807, 2.05) is 38.6 Å². The Morgan fingerprint density at radius 2 is 1.86 bits per heavy atom. The van der Waals surface area contributed by atoms with Crippen LogP contribution in [0.1, 0.15) is 52.3 Å². The first-order valence-corrected chi connectivity index (χ1v) is 11.2. The lowest BCUT2D eigenvalue weighted by Crippen LogP contribution is -2.29. The number of halogens is 1. The van der Waals surface area contributed by atoms with Crippen LogP contribution < -0.4 is 10.7 Å². The Kier molecular flexibility index (Phi) is 7.50. The minimum absolute atomic E-state index is 0.155. The molecule has 7 heteroatoms. The first-order valence-electron chi connectivity index (χ1n) is 9.04. The van der Waals surface area contributed by atoms with E-state index in [9.17, 15) is 14.9 Å². The molecule has 0 aliphatic heterocycles. The molecule has 0 radical (unpaired) electrons. The van der Waals surface area contributed by atoms with Crippen LogP contribution in [0.5, 0.6) is 0 Å². The summed E-state index contributed by atoms with van der Waals surface area (Å²) in [4.78, 5) is 26.1. The zero-order chi connectivity index (χ0) is 21.0. The van der Waals surface area contributed by atoms with Gasteiger partial charge in [-0.05, 0) is 65.2 Å². The minimum atomic E-state index is -0.417. The first-order chi connectivity index (χ1) is 13.3. The van der Waals surface area contributed by atoms with Crippen LogP contribution in [0.15, 0.2) is 21.4 Å². The number of aromatic nitrogens is 1. The fourth-order valence-corrected chi connectivity index (χ4v) is 4.26. The summed E-state index contributed by atoms with van der Waals surface area (Å²) >= 11 is 4.90. The maximum atomic E-state index is 13.2. The van der Waals surface area contributed by atoms with Crippen molar-refractivity contribution in [1.82, 2.24) is 4.57 Å². The van der Waals surface area contributed by atoms with Gasteiger partial charge < -0.3 is 9.88 Å². The lowest BCUT2D eigenvalue weighted by atomic mass is 9.99. The van der Waals surface area contributed by atoms with Crippen molar-refractivity contribution >= 4 is 39.3 Å². The van der Waals surface area contributed by atoms with Crippen LogP contribution in [0.25, 0.3) is 0 Å². The van der Waals surface area contributed by atoms with E-state index in [4.69, 9.17) is 0 Å². The monoisotopic (exact) mass is 461 g/mol. The second-order valence-electron chi connectivity index (χ2n) is 6.48. The SMILES string of the molecule is CCc1cc(C#N)cc(CC)c1NC(=O)c1c(CSC)n(C)c(C)c(Br)c1=O. The van der Waals surface area contributed by atoms with Crippen LogP contribution in [-0.4, -0.2) is 16.7 Å². The number of hydrogen-bond acceptors (Lipinski definition) is 4. The number of thioether (sulfide) groups is 1. The summed E-state index contributed by atoms with van der Waals surface area (Å²) in [5, 5.41) is 12.2. The predicted molar refractivity (Wildman–Crippen MR) is 119 cm³/mol. The van der Waals surface area contributed by atoms with Crippen LogP contribution in [0.4, 0.5) is 5.69 Å². The molecule has 1 N–H and O–H groups in total. The molecule has 1 aromatic carbocycles. The van der Waals surface area contributed by atoms with Crippen molar-refractivity contribution in [3.05, 3.63) is 60.5 Å². The number of nitrogens with one attached hydrogen (secondary N) is 1. The Morgan fingerprint density at radius 3 is 2.32 bits per heavy atom. The number of nitrogens with zero attached hydrogens (tertiary/aromatic N) is 2. The molecule has 1 amide bonds. The van der Waals surface area contributed by atoms with Crippen LogP contribution >= 0.6 is 27.7 Å². The average Bonchev–Trinajstić information content (AvgIpc) is 2.70. The van der Waals surface area contributed by atoms with Gasteiger partial charge in [0.05, 0.1) is 16.1 Å². The number of carbonyl (C=O) groups is 1. The fourth-order valence-electron chi connectivity index (χ4n) is 3.19. The number of aryl methyl sites for hydroxylation is 2. The van der Waals surface area contributed by atoms with Crippen molar-refractivity contribution in [1.29, 1.82) is 5.26 Å². The zero-order valence-corrected chi connectivity index (χ0v) is 19.2. The molecule has 2 rings (SSSR count). The summed E-state index contributed by atoms with van der Waals surface area (Å²) in [6, 6.07) is 5.75. The van der Waals surface area contributed by atoms with Gasteiger partial charge in [0.2, 0.25) is 5.43 Å². The van der Waals surface area contributed by atoms with E-state index in [-0.39, 0.29) is 11.0 Å². The summed E-state index contributed by atoms with van der Waals surface area (Å²) in [5.74, 6) is 0.136. The number of anilines is 1. The zero-order valence-electron chi connectivity index (χ0n) is 16.8. The van der Waals surface area contributed by atoms with Crippen LogP contribution in [0, 0.1) is 18.3 Å². The van der Waals surface area contributed by atoms with Crippen molar-refractivity contribution in [3.63, 3.8) is 0 Å². The summed E-state index contributed by atoms with van der Waals surface area (Å²) in [6.07, 6.45) is 3.28. The third-order valence-electron chi connectivity index (χ3n) is 4.88. The number of pyridine rings is 1. The maximum absolute atomic E-state index is 13.2. The van der Waals surface area contributed by atoms with Crippen LogP contribution in [-0.2, 0) is 25.6 Å². The van der Waals surface area contributed by atoms with Gasteiger partial charge in [-0.2, -0.15) is 17.0 Å². The van der Waals surface area contributed by atoms with Gasteiger partial charge >= 0.3 is 0 Å². The first kappa shape index (κ1) is 22.3. The van der Waals surface area contributed by atoms with Gasteiger partial charge in [-0.1, -0.05) is 13.8 Å². The maximum Gasteiger partial charge on any atom is 0.261 e. The smallest absolute Gasteiger partial charge is 0.261 e. The Hall–Kier alpha value is -2.04. The quantitative estimate of drug-likeness (QED) is 0.683. The second-order valence-corrected chi connectivity index (χ2v) is 8.14. The van der Waals surface area contributed by atoms with Crippen molar-refractivity contribution in [3.8, 4) is 6.07 Å². The number of rotatable bonds is 6. The van der Waals surface area contributed by atoms with Gasteiger partial charge in [0.1, 0.15) is 5.56 Å². The molecule has 1 aromatic heterocycles. The lowest BCUT2D eigenvalue weighted by molar-refractivity contribution is 0.102.